The van der Waals surface area contributed by atoms with Crippen molar-refractivity contribution in [3.05, 3.63) is 29.8 Å². The number of para-hydroxylation sites is 1. The standard InChI is InChI=1S/C12H9NO2/c1-2-7-13-10-6-4-3-5-9(10)12(8-15-12)11(13)14/h1,3-6H,7-8H2. The maximum Gasteiger partial charge on any atom is 0.267 e. The van der Waals surface area contributed by atoms with Crippen LogP contribution in [-0.4, -0.2) is 19.1 Å². The SMILES string of the molecule is C#CCN1C(=O)C2(CO2)c2ccccc21. The lowest BCUT2D eigenvalue weighted by Crippen LogP contribution is -2.32. The van der Waals surface area contributed by atoms with Gasteiger partial charge in [0.05, 0.1) is 18.8 Å². The number of fused-ring (bicyclic) bond motifs is 2. The van der Waals surface area contributed by atoms with E-state index in [0.717, 1.165) is 11.3 Å². The number of amides is 1. The Morgan fingerprint density at radius 2 is 2.27 bits per heavy atom. The van der Waals surface area contributed by atoms with E-state index in [-0.39, 0.29) is 5.91 Å². The third kappa shape index (κ3) is 0.919. The van der Waals surface area contributed by atoms with Gasteiger partial charge in [-0.2, -0.15) is 0 Å². The van der Waals surface area contributed by atoms with E-state index in [4.69, 9.17) is 11.2 Å². The van der Waals surface area contributed by atoms with E-state index in [1.807, 2.05) is 24.3 Å². The molecule has 0 aromatic heterocycles. The normalized spacial score (nSPS) is 26.6. The van der Waals surface area contributed by atoms with Crippen LogP contribution in [0.2, 0.25) is 0 Å². The van der Waals surface area contributed by atoms with Gasteiger partial charge in [0.2, 0.25) is 0 Å². The zero-order chi connectivity index (χ0) is 10.5. The van der Waals surface area contributed by atoms with E-state index in [9.17, 15) is 4.79 Å². The second-order valence-corrected chi connectivity index (χ2v) is 3.73. The summed E-state index contributed by atoms with van der Waals surface area (Å²) in [5.41, 5.74) is 1.14. The number of benzene rings is 1. The molecule has 1 fully saturated rings. The van der Waals surface area contributed by atoms with Gasteiger partial charge < -0.3 is 4.74 Å². The Morgan fingerprint density at radius 3 is 2.93 bits per heavy atom. The highest BCUT2D eigenvalue weighted by Crippen LogP contribution is 2.50. The number of anilines is 1. The number of epoxide rings is 1. The van der Waals surface area contributed by atoms with Crippen LogP contribution in [0.5, 0.6) is 0 Å². The minimum absolute atomic E-state index is 0.0262. The van der Waals surface area contributed by atoms with Crippen LogP contribution in [0.4, 0.5) is 5.69 Å². The molecule has 3 rings (SSSR count). The summed E-state index contributed by atoms with van der Waals surface area (Å²) >= 11 is 0. The van der Waals surface area contributed by atoms with Gasteiger partial charge >= 0.3 is 0 Å². The van der Waals surface area contributed by atoms with Crippen LogP contribution >= 0.6 is 0 Å². The Labute approximate surface area is 87.6 Å². The van der Waals surface area contributed by atoms with Crippen molar-refractivity contribution >= 4 is 11.6 Å². The Morgan fingerprint density at radius 1 is 1.53 bits per heavy atom. The summed E-state index contributed by atoms with van der Waals surface area (Å²) in [4.78, 5) is 13.7. The highest BCUT2D eigenvalue weighted by Gasteiger charge is 2.61. The highest BCUT2D eigenvalue weighted by atomic mass is 16.6. The number of hydrogen-bond donors (Lipinski definition) is 0. The molecule has 0 radical (unpaired) electrons. The summed E-state index contributed by atoms with van der Waals surface area (Å²) in [6, 6.07) is 7.64. The van der Waals surface area contributed by atoms with Crippen molar-refractivity contribution in [3.8, 4) is 12.3 Å². The minimum Gasteiger partial charge on any atom is -0.354 e. The second-order valence-electron chi connectivity index (χ2n) is 3.73. The molecule has 1 saturated heterocycles. The predicted octanol–water partition coefficient (Wildman–Crippen LogP) is 0.892. The largest absolute Gasteiger partial charge is 0.354 e. The molecule has 2 heterocycles. The summed E-state index contributed by atoms with van der Waals surface area (Å²) < 4.78 is 5.31. The van der Waals surface area contributed by atoms with E-state index >= 15 is 0 Å². The molecule has 2 aliphatic rings. The van der Waals surface area contributed by atoms with E-state index in [0.29, 0.717) is 13.2 Å². The maximum atomic E-state index is 12.0. The molecule has 3 heteroatoms. The Balaban J connectivity index is 2.16. The number of carbonyl (C=O) groups is 1. The topological polar surface area (TPSA) is 32.8 Å². The van der Waals surface area contributed by atoms with E-state index in [1.165, 1.54) is 0 Å². The molecule has 15 heavy (non-hydrogen) atoms. The van der Waals surface area contributed by atoms with Gasteiger partial charge in [-0.05, 0) is 6.07 Å². The molecular formula is C12H9NO2. The molecule has 0 aliphatic carbocycles. The van der Waals surface area contributed by atoms with Gasteiger partial charge in [0.15, 0.2) is 5.60 Å². The average molecular weight is 199 g/mol. The fourth-order valence-electron chi connectivity index (χ4n) is 2.09. The fourth-order valence-corrected chi connectivity index (χ4v) is 2.09. The van der Waals surface area contributed by atoms with Crippen molar-refractivity contribution in [2.75, 3.05) is 18.1 Å². The van der Waals surface area contributed by atoms with E-state index < -0.39 is 5.60 Å². The number of hydrogen-bond acceptors (Lipinski definition) is 2. The van der Waals surface area contributed by atoms with E-state index in [1.54, 1.807) is 4.90 Å². The van der Waals surface area contributed by atoms with Crippen LogP contribution in [0.1, 0.15) is 5.56 Å². The van der Waals surface area contributed by atoms with Gasteiger partial charge in [-0.1, -0.05) is 24.1 Å². The van der Waals surface area contributed by atoms with Crippen LogP contribution in [0.15, 0.2) is 24.3 Å². The smallest absolute Gasteiger partial charge is 0.267 e. The highest BCUT2D eigenvalue weighted by molar-refractivity contribution is 6.08. The zero-order valence-corrected chi connectivity index (χ0v) is 8.06. The monoisotopic (exact) mass is 199 g/mol. The van der Waals surface area contributed by atoms with Gasteiger partial charge in [0.1, 0.15) is 0 Å². The Hall–Kier alpha value is -1.79. The molecule has 2 aliphatic heterocycles. The van der Waals surface area contributed by atoms with Crippen LogP contribution in [0.25, 0.3) is 0 Å². The zero-order valence-electron chi connectivity index (χ0n) is 8.06. The maximum absolute atomic E-state index is 12.0. The molecule has 74 valence electrons. The lowest BCUT2D eigenvalue weighted by Gasteiger charge is -2.12. The van der Waals surface area contributed by atoms with Crippen molar-refractivity contribution < 1.29 is 9.53 Å². The first kappa shape index (κ1) is 8.51. The minimum atomic E-state index is -0.701. The van der Waals surface area contributed by atoms with Gasteiger partial charge in [-0.25, -0.2) is 0 Å². The number of terminal acetylenes is 1. The van der Waals surface area contributed by atoms with Crippen LogP contribution in [-0.2, 0) is 15.1 Å². The third-order valence-corrected chi connectivity index (χ3v) is 2.90. The number of carbonyl (C=O) groups excluding carboxylic acids is 1. The number of ether oxygens (including phenoxy) is 1. The Bertz CT molecular complexity index is 483. The van der Waals surface area contributed by atoms with Gasteiger partial charge in [0, 0.05) is 5.56 Å². The van der Waals surface area contributed by atoms with Crippen molar-refractivity contribution in [2.45, 2.75) is 5.60 Å². The predicted molar refractivity (Wildman–Crippen MR) is 55.3 cm³/mol. The molecule has 0 N–H and O–H groups in total. The molecule has 3 nitrogen and oxygen atoms in total. The summed E-state index contributed by atoms with van der Waals surface area (Å²) in [5, 5.41) is 0. The van der Waals surface area contributed by atoms with Gasteiger partial charge in [-0.15, -0.1) is 6.42 Å². The number of nitrogens with zero attached hydrogens (tertiary/aromatic N) is 1. The molecule has 0 bridgehead atoms. The summed E-state index contributed by atoms with van der Waals surface area (Å²) in [7, 11) is 0. The third-order valence-electron chi connectivity index (χ3n) is 2.90. The van der Waals surface area contributed by atoms with Crippen molar-refractivity contribution in [3.63, 3.8) is 0 Å². The van der Waals surface area contributed by atoms with E-state index in [2.05, 4.69) is 5.92 Å². The molecule has 0 saturated carbocycles. The quantitative estimate of drug-likeness (QED) is 0.497. The Kier molecular flexibility index (Phi) is 1.49. The summed E-state index contributed by atoms with van der Waals surface area (Å²) in [5.74, 6) is 2.47. The molecule has 1 aromatic rings. The first-order chi connectivity index (χ1) is 7.29. The number of rotatable bonds is 1. The lowest BCUT2D eigenvalue weighted by atomic mass is 10.0. The second kappa shape index (κ2) is 2.62. The fraction of sp³-hybridized carbons (Fsp3) is 0.250. The van der Waals surface area contributed by atoms with Crippen LogP contribution < -0.4 is 4.90 Å². The van der Waals surface area contributed by atoms with Crippen molar-refractivity contribution in [2.24, 2.45) is 0 Å². The van der Waals surface area contributed by atoms with Crippen LogP contribution in [0.3, 0.4) is 0 Å². The van der Waals surface area contributed by atoms with Gasteiger partial charge in [0.25, 0.3) is 5.91 Å². The van der Waals surface area contributed by atoms with Gasteiger partial charge in [-0.3, -0.25) is 9.69 Å². The van der Waals surface area contributed by atoms with Crippen molar-refractivity contribution in [1.29, 1.82) is 0 Å². The molecule has 1 unspecified atom stereocenters. The molecule has 1 amide bonds. The molecule has 1 atom stereocenters. The average Bonchev–Trinajstić information content (AvgIpc) is 3.02. The first-order valence-electron chi connectivity index (χ1n) is 4.78. The molecule has 1 aromatic carbocycles. The summed E-state index contributed by atoms with van der Waals surface area (Å²) in [6.45, 7) is 0.783. The molecule has 1 spiro atoms. The van der Waals surface area contributed by atoms with Crippen LogP contribution in [0, 0.1) is 12.3 Å². The van der Waals surface area contributed by atoms with Crippen molar-refractivity contribution in [1.82, 2.24) is 0 Å². The lowest BCUT2D eigenvalue weighted by molar-refractivity contribution is -0.122. The summed E-state index contributed by atoms with van der Waals surface area (Å²) in [6.07, 6.45) is 5.25. The first-order valence-corrected chi connectivity index (χ1v) is 4.78. The molecular weight excluding hydrogens is 190 g/mol.